The van der Waals surface area contributed by atoms with Gasteiger partial charge in [0, 0.05) is 18.5 Å². The third kappa shape index (κ3) is 4.16. The number of alkyl halides is 2. The molecule has 0 aliphatic carbocycles. The first-order valence-corrected chi connectivity index (χ1v) is 14.1. The topological polar surface area (TPSA) is 64.4 Å². The van der Waals surface area contributed by atoms with Crippen molar-refractivity contribution in [2.24, 2.45) is 0 Å². The molecule has 11 heteroatoms. The van der Waals surface area contributed by atoms with E-state index in [1.54, 1.807) is 18.1 Å². The van der Waals surface area contributed by atoms with Gasteiger partial charge in [-0.15, -0.1) is 11.8 Å². The number of hydrogen-bond donors (Lipinski definition) is 0. The zero-order valence-corrected chi connectivity index (χ0v) is 22.1. The van der Waals surface area contributed by atoms with E-state index in [1.807, 2.05) is 41.7 Å². The summed E-state index contributed by atoms with van der Waals surface area (Å²) in [6, 6.07) is 3.99. The molecule has 6 rings (SSSR count). The summed E-state index contributed by atoms with van der Waals surface area (Å²) in [6.45, 7) is 8.75. The number of thioether (sulfide) groups is 1. The largest absolute Gasteiger partial charge is 0.362 e. The lowest BCUT2D eigenvalue weighted by atomic mass is 9.84. The van der Waals surface area contributed by atoms with Crippen LogP contribution in [-0.4, -0.2) is 98.9 Å². The molecule has 4 fully saturated rings. The van der Waals surface area contributed by atoms with Crippen LogP contribution in [0.4, 0.5) is 8.78 Å². The first-order valence-electron chi connectivity index (χ1n) is 12.9. The normalized spacial score (nSPS) is 33.6. The maximum absolute atomic E-state index is 14.8. The van der Waals surface area contributed by atoms with Gasteiger partial charge < -0.3 is 19.1 Å². The van der Waals surface area contributed by atoms with E-state index in [-0.39, 0.29) is 31.3 Å². The molecule has 0 unspecified atom stereocenters. The average molecular weight is 524 g/mol. The molecule has 0 aromatic carbocycles. The number of aromatic nitrogens is 3. The summed E-state index contributed by atoms with van der Waals surface area (Å²) in [5, 5.41) is 5.36. The number of hydrogen-bond acceptors (Lipinski definition) is 8. The Balaban J connectivity index is 1.29. The predicted octanol–water partition coefficient (Wildman–Crippen LogP) is 3.61. The van der Waals surface area contributed by atoms with Crippen molar-refractivity contribution in [1.29, 1.82) is 0 Å². The van der Waals surface area contributed by atoms with Gasteiger partial charge in [-0.1, -0.05) is 6.92 Å². The number of likely N-dealkylation sites (tertiary alicyclic amines) is 2. The molecule has 36 heavy (non-hydrogen) atoms. The van der Waals surface area contributed by atoms with Crippen LogP contribution < -0.4 is 0 Å². The van der Waals surface area contributed by atoms with Crippen molar-refractivity contribution in [1.82, 2.24) is 24.4 Å². The zero-order chi connectivity index (χ0) is 25.3. The minimum atomic E-state index is -2.69. The summed E-state index contributed by atoms with van der Waals surface area (Å²) >= 11 is 1.56. The van der Waals surface area contributed by atoms with Crippen LogP contribution in [0.5, 0.6) is 0 Å². The molecule has 1 spiro atoms. The van der Waals surface area contributed by atoms with Gasteiger partial charge in [-0.2, -0.15) is 5.10 Å². The van der Waals surface area contributed by atoms with E-state index in [4.69, 9.17) is 14.2 Å². The van der Waals surface area contributed by atoms with Crippen LogP contribution >= 0.6 is 11.8 Å². The molecule has 198 valence electrons. The molecule has 4 saturated heterocycles. The van der Waals surface area contributed by atoms with Gasteiger partial charge in [0.2, 0.25) is 0 Å². The Morgan fingerprint density at radius 3 is 2.61 bits per heavy atom. The molecule has 0 N–H and O–H groups in total. The second-order valence-electron chi connectivity index (χ2n) is 11.1. The smallest absolute Gasteiger partial charge is 0.262 e. The van der Waals surface area contributed by atoms with Gasteiger partial charge >= 0.3 is 0 Å². The minimum absolute atomic E-state index is 0.0810. The lowest BCUT2D eigenvalue weighted by Crippen LogP contribution is -2.54. The highest BCUT2D eigenvalue weighted by Crippen LogP contribution is 2.49. The molecule has 4 aliphatic heterocycles. The van der Waals surface area contributed by atoms with E-state index in [0.29, 0.717) is 6.54 Å². The van der Waals surface area contributed by atoms with Crippen molar-refractivity contribution in [3.05, 3.63) is 24.2 Å². The lowest BCUT2D eigenvalue weighted by Gasteiger charge is -2.45. The Kier molecular flexibility index (Phi) is 6.13. The number of rotatable bonds is 5. The zero-order valence-electron chi connectivity index (χ0n) is 21.3. The maximum atomic E-state index is 14.8. The highest BCUT2D eigenvalue weighted by molar-refractivity contribution is 7.98. The summed E-state index contributed by atoms with van der Waals surface area (Å²) in [5.41, 5.74) is 1.27. The van der Waals surface area contributed by atoms with Gasteiger partial charge in [0.25, 0.3) is 5.92 Å². The van der Waals surface area contributed by atoms with Crippen molar-refractivity contribution < 1.29 is 23.0 Å². The second kappa shape index (κ2) is 8.84. The van der Waals surface area contributed by atoms with Gasteiger partial charge in [-0.05, 0) is 64.7 Å². The Bertz CT molecular complexity index is 1120. The van der Waals surface area contributed by atoms with Gasteiger partial charge in [0.1, 0.15) is 35.8 Å². The highest BCUT2D eigenvalue weighted by atomic mass is 32.2. The molecule has 0 amide bonds. The third-order valence-electron chi connectivity index (χ3n) is 8.40. The minimum Gasteiger partial charge on any atom is -0.362 e. The van der Waals surface area contributed by atoms with Crippen molar-refractivity contribution in [3.8, 4) is 0 Å². The van der Waals surface area contributed by atoms with Crippen molar-refractivity contribution in [2.75, 3.05) is 39.0 Å². The summed E-state index contributed by atoms with van der Waals surface area (Å²) < 4.78 is 50.8. The number of nitrogens with zero attached hydrogens (tertiary/aromatic N) is 5. The van der Waals surface area contributed by atoms with Crippen LogP contribution in [0.1, 0.15) is 51.8 Å². The molecule has 0 bridgehead atoms. The Labute approximate surface area is 214 Å². The Morgan fingerprint density at radius 1 is 1.14 bits per heavy atom. The fourth-order valence-corrected chi connectivity index (χ4v) is 7.24. The van der Waals surface area contributed by atoms with Crippen LogP contribution in [-0.2, 0) is 14.2 Å². The number of fused-ring (bicyclic) bond motifs is 2. The van der Waals surface area contributed by atoms with Crippen LogP contribution in [0.3, 0.4) is 0 Å². The Hall–Kier alpha value is -1.37. The third-order valence-corrected chi connectivity index (χ3v) is 9.10. The maximum Gasteiger partial charge on any atom is 0.262 e. The van der Waals surface area contributed by atoms with Crippen LogP contribution in [0.25, 0.3) is 5.52 Å². The van der Waals surface area contributed by atoms with Crippen LogP contribution in [0, 0.1) is 0 Å². The fourth-order valence-electron chi connectivity index (χ4n) is 6.72. The molecular weight excluding hydrogens is 488 g/mol. The molecule has 4 atom stereocenters. The summed E-state index contributed by atoms with van der Waals surface area (Å²) in [6.07, 6.45) is 3.44. The Morgan fingerprint density at radius 2 is 1.89 bits per heavy atom. The van der Waals surface area contributed by atoms with Gasteiger partial charge in [0.05, 0.1) is 17.8 Å². The number of ether oxygens (including phenoxy) is 3. The van der Waals surface area contributed by atoms with Crippen molar-refractivity contribution in [2.45, 2.75) is 86.7 Å². The van der Waals surface area contributed by atoms with E-state index in [0.717, 1.165) is 48.7 Å². The summed E-state index contributed by atoms with van der Waals surface area (Å²) in [4.78, 5) is 8.71. The quantitative estimate of drug-likeness (QED) is 0.551. The predicted molar refractivity (Wildman–Crippen MR) is 131 cm³/mol. The SMILES string of the molecule is CCN1CCC2(CC1)CC(F)(F)CN2C[C@H]1O[C@@H](c2ccc3c(SC)ncnn23)[C@@H]2OC(C)(C)O[C@@H]21. The summed E-state index contributed by atoms with van der Waals surface area (Å²) in [7, 11) is 0. The van der Waals surface area contributed by atoms with Gasteiger partial charge in [0.15, 0.2) is 5.79 Å². The van der Waals surface area contributed by atoms with Crippen LogP contribution in [0.2, 0.25) is 0 Å². The number of halogens is 2. The fraction of sp³-hybridized carbons (Fsp3) is 0.760. The molecule has 2 aromatic heterocycles. The molecule has 2 aromatic rings. The first kappa shape index (κ1) is 24.9. The van der Waals surface area contributed by atoms with Crippen molar-refractivity contribution >= 4 is 17.3 Å². The standard InChI is InChI=1S/C25H35F2N5O3S/c1-5-30-10-8-24(9-11-30)13-25(26,27)14-31(24)12-18-20-21(35-23(2,3)34-20)19(33-18)16-6-7-17-22(36-4)28-15-29-32(16)17/h6-7,15,18-21H,5,8-14H2,1-4H3/t18-,19+,20-,21+/m1/s1. The molecule has 8 nitrogen and oxygen atoms in total. The molecule has 0 saturated carbocycles. The lowest BCUT2D eigenvalue weighted by molar-refractivity contribution is -0.191. The van der Waals surface area contributed by atoms with E-state index >= 15 is 0 Å². The monoisotopic (exact) mass is 523 g/mol. The number of piperidine rings is 1. The van der Waals surface area contributed by atoms with Gasteiger partial charge in [-0.25, -0.2) is 18.3 Å². The van der Waals surface area contributed by atoms with E-state index < -0.39 is 23.4 Å². The first-order chi connectivity index (χ1) is 17.1. The van der Waals surface area contributed by atoms with E-state index in [1.165, 1.54) is 0 Å². The second-order valence-corrected chi connectivity index (χ2v) is 11.9. The molecule has 4 aliphatic rings. The van der Waals surface area contributed by atoms with Crippen LogP contribution in [0.15, 0.2) is 23.5 Å². The molecular formula is C25H35F2N5O3S. The van der Waals surface area contributed by atoms with Crippen molar-refractivity contribution in [3.63, 3.8) is 0 Å². The van der Waals surface area contributed by atoms with E-state index in [2.05, 4.69) is 21.9 Å². The summed E-state index contributed by atoms with van der Waals surface area (Å²) in [5.74, 6) is -3.47. The molecule has 6 heterocycles. The average Bonchev–Trinajstić information content (AvgIpc) is 3.54. The highest BCUT2D eigenvalue weighted by Gasteiger charge is 2.60. The van der Waals surface area contributed by atoms with E-state index in [9.17, 15) is 8.78 Å². The van der Waals surface area contributed by atoms with Gasteiger partial charge in [-0.3, -0.25) is 4.90 Å². The molecule has 0 radical (unpaired) electrons.